The van der Waals surface area contributed by atoms with Crippen LogP contribution in [0.3, 0.4) is 0 Å². The van der Waals surface area contributed by atoms with E-state index < -0.39 is 0 Å². The van der Waals surface area contributed by atoms with Crippen molar-refractivity contribution in [3.8, 4) is 50.2 Å². The third kappa shape index (κ3) is 4.66. The highest BCUT2D eigenvalue weighted by atomic mass is 15.1. The highest BCUT2D eigenvalue weighted by Gasteiger charge is 2.37. The van der Waals surface area contributed by atoms with Crippen molar-refractivity contribution in [3.63, 3.8) is 0 Å². The van der Waals surface area contributed by atoms with Gasteiger partial charge in [0.15, 0.2) is 0 Å². The largest absolute Gasteiger partial charge is 0.296 e. The van der Waals surface area contributed by atoms with E-state index in [2.05, 4.69) is 201 Å². The van der Waals surface area contributed by atoms with E-state index in [4.69, 9.17) is 4.98 Å². The first-order chi connectivity index (χ1) is 27.5. The number of aryl methyl sites for hydroxylation is 1. The molecule has 0 saturated carbocycles. The summed E-state index contributed by atoms with van der Waals surface area (Å²) in [5, 5.41) is 7.47. The molecule has 266 valence electrons. The predicted molar refractivity (Wildman–Crippen MR) is 237 cm³/mol. The molecule has 2 nitrogen and oxygen atoms in total. The van der Waals surface area contributed by atoms with Crippen LogP contribution in [0.25, 0.3) is 93.5 Å². The van der Waals surface area contributed by atoms with Crippen LogP contribution in [0.4, 0.5) is 0 Å². The van der Waals surface area contributed by atoms with Gasteiger partial charge < -0.3 is 0 Å². The Balaban J connectivity index is 1.26. The molecule has 0 saturated heterocycles. The molecule has 56 heavy (non-hydrogen) atoms. The Morgan fingerprint density at radius 3 is 1.88 bits per heavy atom. The van der Waals surface area contributed by atoms with Crippen molar-refractivity contribution in [2.24, 2.45) is 0 Å². The number of aromatic nitrogens is 2. The van der Waals surface area contributed by atoms with Gasteiger partial charge in [0.05, 0.1) is 16.7 Å². The summed E-state index contributed by atoms with van der Waals surface area (Å²) in [6, 6.07) is 65.1. The normalized spacial score (nSPS) is 13.1. The van der Waals surface area contributed by atoms with Crippen molar-refractivity contribution in [2.75, 3.05) is 0 Å². The zero-order valence-corrected chi connectivity index (χ0v) is 31.8. The molecule has 0 N–H and O–H groups in total. The molecule has 1 aliphatic rings. The van der Waals surface area contributed by atoms with Crippen LogP contribution in [0.1, 0.15) is 37.7 Å². The first kappa shape index (κ1) is 32.6. The summed E-state index contributed by atoms with van der Waals surface area (Å²) >= 11 is 0. The second-order valence-corrected chi connectivity index (χ2v) is 15.7. The smallest absolute Gasteiger partial charge is 0.114 e. The molecule has 0 fully saturated rings. The number of para-hydroxylation sites is 2. The predicted octanol–water partition coefficient (Wildman–Crippen LogP) is 14.4. The number of nitrogens with zero attached hydrogens (tertiary/aromatic N) is 2. The minimum absolute atomic E-state index is 0.0957. The van der Waals surface area contributed by atoms with Crippen molar-refractivity contribution >= 4 is 43.4 Å². The molecule has 9 aromatic carbocycles. The first-order valence-corrected chi connectivity index (χ1v) is 19.8. The van der Waals surface area contributed by atoms with Gasteiger partial charge >= 0.3 is 0 Å². The Labute approximate surface area is 327 Å². The quantitative estimate of drug-likeness (QED) is 0.162. The van der Waals surface area contributed by atoms with E-state index in [9.17, 15) is 0 Å². The second-order valence-electron chi connectivity index (χ2n) is 15.7. The van der Waals surface area contributed by atoms with Crippen LogP contribution in [0.15, 0.2) is 176 Å². The highest BCUT2D eigenvalue weighted by Crippen LogP contribution is 2.55. The van der Waals surface area contributed by atoms with Crippen LogP contribution < -0.4 is 0 Å². The minimum Gasteiger partial charge on any atom is -0.296 e. The molecule has 1 heterocycles. The molecule has 0 atom stereocenters. The van der Waals surface area contributed by atoms with Gasteiger partial charge in [-0.2, -0.15) is 0 Å². The van der Waals surface area contributed by atoms with E-state index in [1.807, 2.05) is 0 Å². The Bertz CT molecular complexity index is 3200. The lowest BCUT2D eigenvalue weighted by atomic mass is 9.80. The summed E-state index contributed by atoms with van der Waals surface area (Å²) in [6.45, 7) is 6.94. The number of imidazole rings is 1. The lowest BCUT2D eigenvalue weighted by Gasteiger charge is -2.23. The molecular weight excluding hydrogens is 677 g/mol. The summed E-state index contributed by atoms with van der Waals surface area (Å²) in [6.07, 6.45) is 0.843. The fraction of sp³-hybridized carbons (Fsp3) is 0.0926. The summed E-state index contributed by atoms with van der Waals surface area (Å²) in [5.41, 5.74) is 16.2. The Hall–Kier alpha value is -6.77. The zero-order chi connectivity index (χ0) is 37.5. The number of hydrogen-bond donors (Lipinski definition) is 0. The maximum Gasteiger partial charge on any atom is 0.114 e. The molecule has 1 aliphatic carbocycles. The first-order valence-electron chi connectivity index (χ1n) is 19.8. The van der Waals surface area contributed by atoms with E-state index in [0.717, 1.165) is 29.0 Å². The molecule has 0 amide bonds. The molecule has 1 aromatic heterocycles. The molecule has 11 rings (SSSR count). The van der Waals surface area contributed by atoms with Gasteiger partial charge in [-0.1, -0.05) is 172 Å². The fourth-order valence-corrected chi connectivity index (χ4v) is 9.81. The van der Waals surface area contributed by atoms with Crippen LogP contribution in [0.5, 0.6) is 0 Å². The summed E-state index contributed by atoms with van der Waals surface area (Å²) < 4.78 is 2.36. The third-order valence-electron chi connectivity index (χ3n) is 12.4. The summed E-state index contributed by atoms with van der Waals surface area (Å²) in [4.78, 5) is 5.06. The van der Waals surface area contributed by atoms with Gasteiger partial charge in [0, 0.05) is 17.2 Å². The molecule has 10 aromatic rings. The topological polar surface area (TPSA) is 17.8 Å². The highest BCUT2D eigenvalue weighted by molar-refractivity contribution is 6.25. The van der Waals surface area contributed by atoms with Gasteiger partial charge in [0.2, 0.25) is 0 Å². The number of hydrogen-bond acceptors (Lipinski definition) is 1. The van der Waals surface area contributed by atoms with Crippen molar-refractivity contribution in [1.29, 1.82) is 0 Å². The average Bonchev–Trinajstić information content (AvgIpc) is 3.74. The molecule has 0 spiro atoms. The average molecular weight is 717 g/mol. The van der Waals surface area contributed by atoms with Gasteiger partial charge in [0.25, 0.3) is 0 Å². The fourth-order valence-electron chi connectivity index (χ4n) is 9.81. The van der Waals surface area contributed by atoms with E-state index in [0.29, 0.717) is 0 Å². The lowest BCUT2D eigenvalue weighted by molar-refractivity contribution is 0.660. The van der Waals surface area contributed by atoms with Crippen LogP contribution in [-0.4, -0.2) is 9.55 Å². The Kier molecular flexibility index (Phi) is 7.21. The van der Waals surface area contributed by atoms with E-state index in [-0.39, 0.29) is 5.41 Å². The minimum atomic E-state index is -0.0957. The lowest BCUT2D eigenvalue weighted by Crippen LogP contribution is -2.14. The van der Waals surface area contributed by atoms with Crippen LogP contribution >= 0.6 is 0 Å². The van der Waals surface area contributed by atoms with Gasteiger partial charge in [-0.05, 0) is 107 Å². The molecule has 0 aliphatic heterocycles. The molecule has 2 heteroatoms. The van der Waals surface area contributed by atoms with E-state index >= 15 is 0 Å². The third-order valence-corrected chi connectivity index (χ3v) is 12.4. The van der Waals surface area contributed by atoms with Crippen molar-refractivity contribution in [3.05, 3.63) is 193 Å². The molecule has 0 unspecified atom stereocenters. The van der Waals surface area contributed by atoms with E-state index in [1.165, 1.54) is 88.0 Å². The van der Waals surface area contributed by atoms with Crippen molar-refractivity contribution < 1.29 is 0 Å². The van der Waals surface area contributed by atoms with Crippen LogP contribution in [0.2, 0.25) is 0 Å². The summed E-state index contributed by atoms with van der Waals surface area (Å²) in [5.74, 6) is 1.07. The maximum atomic E-state index is 5.06. The molecule has 0 radical (unpaired) electrons. The van der Waals surface area contributed by atoms with Gasteiger partial charge in [-0.3, -0.25) is 4.57 Å². The molecular formula is C54H40N2. The van der Waals surface area contributed by atoms with Gasteiger partial charge in [-0.25, -0.2) is 4.98 Å². The maximum absolute atomic E-state index is 5.06. The van der Waals surface area contributed by atoms with Crippen molar-refractivity contribution in [1.82, 2.24) is 9.55 Å². The van der Waals surface area contributed by atoms with Crippen molar-refractivity contribution in [2.45, 2.75) is 32.6 Å². The number of rotatable bonds is 5. The van der Waals surface area contributed by atoms with Crippen LogP contribution in [0, 0.1) is 0 Å². The second kappa shape index (κ2) is 12.4. The number of fused-ring (bicyclic) bond motifs is 7. The van der Waals surface area contributed by atoms with Crippen LogP contribution in [-0.2, 0) is 11.8 Å². The van der Waals surface area contributed by atoms with Gasteiger partial charge in [0.1, 0.15) is 5.82 Å². The van der Waals surface area contributed by atoms with Gasteiger partial charge in [-0.15, -0.1) is 0 Å². The Morgan fingerprint density at radius 1 is 0.446 bits per heavy atom. The number of benzene rings is 9. The standard InChI is InChI=1S/C54H40N2/c1-4-50-55-47-27-14-15-28-49(47)56(50)48-32-31-40(36-19-8-9-20-37(36)48)51-38-21-10-11-22-39(38)52(44-33-35(29-30-41(44)51)34-17-6-5-7-18-34)43-24-16-26-46-53(43)42-23-12-13-25-45(42)54(46,2)3/h5-33H,4H2,1-3H3. The summed E-state index contributed by atoms with van der Waals surface area (Å²) in [7, 11) is 0. The SMILES string of the molecule is CCc1nc2ccccc2n1-c1ccc(-c2c3ccccc3c(-c3cccc4c3-c3ccccc3C4(C)C)c3cc(-c4ccccc4)ccc23)c2ccccc12. The molecule has 0 bridgehead atoms. The zero-order valence-electron chi connectivity index (χ0n) is 31.8. The Morgan fingerprint density at radius 2 is 1.07 bits per heavy atom. The van der Waals surface area contributed by atoms with E-state index in [1.54, 1.807) is 0 Å². The monoisotopic (exact) mass is 716 g/mol.